The van der Waals surface area contributed by atoms with Crippen LogP contribution in [0.15, 0.2) is 48.5 Å². The van der Waals surface area contributed by atoms with Gasteiger partial charge in [0, 0.05) is 24.6 Å². The van der Waals surface area contributed by atoms with E-state index in [9.17, 15) is 19.5 Å². The van der Waals surface area contributed by atoms with Crippen molar-refractivity contribution in [3.63, 3.8) is 0 Å². The van der Waals surface area contributed by atoms with Gasteiger partial charge in [-0.2, -0.15) is 11.8 Å². The quantitative estimate of drug-likeness (QED) is 0.343. The van der Waals surface area contributed by atoms with Crippen LogP contribution in [0.1, 0.15) is 30.0 Å². The molecule has 0 spiro atoms. The Morgan fingerprint density at radius 3 is 2.59 bits per heavy atom. The molecule has 2 aromatic rings. The number of terminal acetylenes is 1. The Labute approximate surface area is 220 Å². The molecule has 8 nitrogen and oxygen atoms in total. The van der Waals surface area contributed by atoms with Crippen molar-refractivity contribution in [1.82, 2.24) is 10.2 Å². The number of thioether (sulfide) groups is 1. The van der Waals surface area contributed by atoms with Crippen molar-refractivity contribution in [1.29, 1.82) is 0 Å². The van der Waals surface area contributed by atoms with E-state index in [4.69, 9.17) is 15.9 Å². The van der Waals surface area contributed by atoms with Gasteiger partial charge in [0.1, 0.15) is 12.1 Å². The van der Waals surface area contributed by atoms with Crippen molar-refractivity contribution in [2.75, 3.05) is 25.7 Å². The van der Waals surface area contributed by atoms with Crippen molar-refractivity contribution in [2.45, 2.75) is 31.0 Å². The average Bonchev–Trinajstić information content (AvgIpc) is 3.39. The molecule has 0 aromatic heterocycles. The number of nitrogens with one attached hydrogen (secondary N) is 1. The molecule has 37 heavy (non-hydrogen) atoms. The summed E-state index contributed by atoms with van der Waals surface area (Å²) in [6.07, 6.45) is 7.64. The first-order valence-electron chi connectivity index (χ1n) is 12.0. The number of para-hydroxylation sites is 1. The highest BCUT2D eigenvalue weighted by molar-refractivity contribution is 7.98. The number of carboxylic acid groups (broad SMARTS) is 1. The van der Waals surface area contributed by atoms with E-state index < -0.39 is 41.2 Å². The van der Waals surface area contributed by atoms with Crippen molar-refractivity contribution in [3.05, 3.63) is 59.7 Å². The summed E-state index contributed by atoms with van der Waals surface area (Å²) in [4.78, 5) is 41.1. The number of carboxylic acids is 1. The number of fused-ring (bicyclic) bond motifs is 1. The maximum atomic E-state index is 13.6. The van der Waals surface area contributed by atoms with E-state index in [2.05, 4.69) is 11.2 Å². The lowest BCUT2D eigenvalue weighted by atomic mass is 9.78. The third kappa shape index (κ3) is 4.79. The highest BCUT2D eigenvalue weighted by Gasteiger charge is 2.68. The summed E-state index contributed by atoms with van der Waals surface area (Å²) in [6, 6.07) is 14.1. The Hall–Kier alpha value is -3.48. The number of nitrogens with zero attached hydrogens (tertiary/aromatic N) is 1. The van der Waals surface area contributed by atoms with Gasteiger partial charge in [0.2, 0.25) is 11.8 Å². The number of methoxy groups -OCH3 is 1. The summed E-state index contributed by atoms with van der Waals surface area (Å²) in [5.74, 6) is -0.268. The minimum Gasteiger partial charge on any atom is -0.493 e. The second-order valence-corrected chi connectivity index (χ2v) is 10.1. The monoisotopic (exact) mass is 522 g/mol. The maximum absolute atomic E-state index is 13.6. The summed E-state index contributed by atoms with van der Waals surface area (Å²) < 4.78 is 11.8. The topological polar surface area (TPSA) is 105 Å². The number of likely N-dealkylation sites (tertiary alicyclic amines) is 1. The standard InChI is InChI=1S/C28H30N2O6S/c1-4-5-15-30-25(31)21-22(26(30)32)28(27(33)34,14-16-37-3)29-23(21)19-12-9-13-20(35-2)24(19)36-17-18-10-7-6-8-11-18/h1,6-13,21-23,29H,5,14-17H2,2-3H3,(H,33,34). The lowest BCUT2D eigenvalue weighted by molar-refractivity contribution is -0.151. The molecular weight excluding hydrogens is 492 g/mol. The van der Waals surface area contributed by atoms with Crippen molar-refractivity contribution in [2.24, 2.45) is 11.8 Å². The number of carbonyl (C=O) groups is 3. The third-order valence-corrected chi connectivity index (χ3v) is 7.71. The molecule has 0 radical (unpaired) electrons. The van der Waals surface area contributed by atoms with Gasteiger partial charge in [-0.15, -0.1) is 12.3 Å². The number of hydrogen-bond donors (Lipinski definition) is 2. The number of ether oxygens (including phenoxy) is 2. The van der Waals surface area contributed by atoms with Crippen LogP contribution in [0, 0.1) is 24.2 Å². The van der Waals surface area contributed by atoms with Gasteiger partial charge in [-0.3, -0.25) is 24.6 Å². The SMILES string of the molecule is C#CCCN1C(=O)C2C(c3cccc(OC)c3OCc3ccccc3)NC(CCSC)(C(=O)O)C2C1=O. The van der Waals surface area contributed by atoms with Gasteiger partial charge in [-0.05, 0) is 30.1 Å². The Kier molecular flexibility index (Phi) is 8.10. The van der Waals surface area contributed by atoms with E-state index in [0.717, 1.165) is 10.5 Å². The van der Waals surface area contributed by atoms with E-state index in [1.165, 1.54) is 18.9 Å². The summed E-state index contributed by atoms with van der Waals surface area (Å²) in [7, 11) is 1.52. The van der Waals surface area contributed by atoms with Crippen LogP contribution in [0.25, 0.3) is 0 Å². The molecule has 2 aromatic carbocycles. The average molecular weight is 523 g/mol. The van der Waals surface area contributed by atoms with Gasteiger partial charge >= 0.3 is 5.97 Å². The molecular formula is C28H30N2O6S. The van der Waals surface area contributed by atoms with Crippen LogP contribution in [0.4, 0.5) is 0 Å². The molecule has 2 heterocycles. The summed E-state index contributed by atoms with van der Waals surface area (Å²) in [5.41, 5.74) is -0.114. The smallest absolute Gasteiger partial charge is 0.324 e. The Morgan fingerprint density at radius 2 is 1.95 bits per heavy atom. The molecule has 0 bridgehead atoms. The molecule has 2 amide bonds. The maximum Gasteiger partial charge on any atom is 0.324 e. The van der Waals surface area contributed by atoms with Crippen LogP contribution < -0.4 is 14.8 Å². The number of rotatable bonds is 11. The first kappa shape index (κ1) is 26.6. The molecule has 0 saturated carbocycles. The van der Waals surface area contributed by atoms with E-state index in [1.54, 1.807) is 18.2 Å². The minimum atomic E-state index is -1.62. The van der Waals surface area contributed by atoms with Crippen LogP contribution in [0.3, 0.4) is 0 Å². The number of amides is 2. The van der Waals surface area contributed by atoms with Crippen LogP contribution in [0.5, 0.6) is 11.5 Å². The fourth-order valence-electron chi connectivity index (χ4n) is 5.35. The predicted molar refractivity (Wildman–Crippen MR) is 140 cm³/mol. The molecule has 2 fully saturated rings. The van der Waals surface area contributed by atoms with E-state index >= 15 is 0 Å². The van der Waals surface area contributed by atoms with Gasteiger partial charge in [0.25, 0.3) is 0 Å². The molecule has 2 aliphatic rings. The lowest BCUT2D eigenvalue weighted by Gasteiger charge is -2.31. The predicted octanol–water partition coefficient (Wildman–Crippen LogP) is 3.12. The Balaban J connectivity index is 1.80. The van der Waals surface area contributed by atoms with E-state index in [0.29, 0.717) is 22.8 Å². The van der Waals surface area contributed by atoms with Gasteiger partial charge in [0.05, 0.1) is 18.9 Å². The minimum absolute atomic E-state index is 0.0571. The highest BCUT2D eigenvalue weighted by Crippen LogP contribution is 2.52. The van der Waals surface area contributed by atoms with Gasteiger partial charge in [-0.25, -0.2) is 0 Å². The molecule has 4 rings (SSSR count). The number of hydrogen-bond acceptors (Lipinski definition) is 7. The van der Waals surface area contributed by atoms with Gasteiger partial charge in [-0.1, -0.05) is 42.5 Å². The molecule has 4 unspecified atom stereocenters. The molecule has 2 saturated heterocycles. The van der Waals surface area contributed by atoms with Crippen LogP contribution in [-0.2, 0) is 21.0 Å². The van der Waals surface area contributed by atoms with E-state index in [-0.39, 0.29) is 26.0 Å². The van der Waals surface area contributed by atoms with Crippen LogP contribution in [0.2, 0.25) is 0 Å². The molecule has 0 aliphatic carbocycles. The van der Waals surface area contributed by atoms with E-state index in [1.807, 2.05) is 36.6 Å². The van der Waals surface area contributed by atoms with Crippen molar-refractivity contribution in [3.8, 4) is 23.8 Å². The molecule has 4 atom stereocenters. The Morgan fingerprint density at radius 1 is 1.19 bits per heavy atom. The highest BCUT2D eigenvalue weighted by atomic mass is 32.2. The fraction of sp³-hybridized carbons (Fsp3) is 0.393. The largest absolute Gasteiger partial charge is 0.493 e. The van der Waals surface area contributed by atoms with Crippen LogP contribution in [-0.4, -0.2) is 59.0 Å². The number of imide groups is 1. The Bertz CT molecular complexity index is 1210. The lowest BCUT2D eigenvalue weighted by Crippen LogP contribution is -2.56. The van der Waals surface area contributed by atoms with Crippen molar-refractivity contribution >= 4 is 29.5 Å². The molecule has 2 N–H and O–H groups in total. The molecule has 9 heteroatoms. The zero-order chi connectivity index (χ0) is 26.6. The van der Waals surface area contributed by atoms with Gasteiger partial charge in [0.15, 0.2) is 11.5 Å². The number of benzene rings is 2. The first-order valence-corrected chi connectivity index (χ1v) is 13.4. The van der Waals surface area contributed by atoms with Gasteiger partial charge < -0.3 is 14.6 Å². The second kappa shape index (κ2) is 11.3. The zero-order valence-electron chi connectivity index (χ0n) is 20.8. The summed E-state index contributed by atoms with van der Waals surface area (Å²) in [6.45, 7) is 0.300. The molecule has 2 aliphatic heterocycles. The third-order valence-electron chi connectivity index (χ3n) is 7.10. The second-order valence-electron chi connectivity index (χ2n) is 9.08. The first-order chi connectivity index (χ1) is 17.9. The van der Waals surface area contributed by atoms with Crippen LogP contribution >= 0.6 is 11.8 Å². The summed E-state index contributed by atoms with van der Waals surface area (Å²) in [5, 5.41) is 13.7. The number of carbonyl (C=O) groups excluding carboxylic acids is 2. The summed E-state index contributed by atoms with van der Waals surface area (Å²) >= 11 is 1.48. The zero-order valence-corrected chi connectivity index (χ0v) is 21.6. The van der Waals surface area contributed by atoms with Crippen molar-refractivity contribution < 1.29 is 29.0 Å². The fourth-order valence-corrected chi connectivity index (χ4v) is 5.87. The molecule has 194 valence electrons. The normalized spacial score (nSPS) is 24.6. The number of aliphatic carboxylic acids is 1.